The first-order valence-corrected chi connectivity index (χ1v) is 18.7. The third kappa shape index (κ3) is 8.74. The Labute approximate surface area is 336 Å². The molecule has 0 unspecified atom stereocenters. The van der Waals surface area contributed by atoms with E-state index in [0.717, 1.165) is 21.0 Å². The van der Waals surface area contributed by atoms with Gasteiger partial charge in [0.1, 0.15) is 34.9 Å². The van der Waals surface area contributed by atoms with E-state index < -0.39 is 95.8 Å². The second-order valence-electron chi connectivity index (χ2n) is 15.3. The molecule has 0 aromatic heterocycles. The standard InChI is InChI=1S/C42H53NO15/c1-17-13-12-14-18(2)40(51)43-30-20(4)37(57-24(8)44)26-27(34(30)49)33(48)22(6)36-28(26)35(55-16-56-36)19(3)15-42(10,53)39(50)23(7)38(58-25(9)45)29(41(52)54-11)32(47)21(5)31(17)46/h12-15,17,21,23,29,31-32,38-39,46-47,49-50,53H,16H2,1-11H3,(H,43,51)/b13-12-,18-14+,19-15+/t17-,21-,23+,29-,31-,32-,38-,39-,42-/m1/s1. The Morgan fingerprint density at radius 2 is 1.52 bits per heavy atom. The molecule has 0 fully saturated rings. The third-order valence-corrected chi connectivity index (χ3v) is 10.9. The summed E-state index contributed by atoms with van der Waals surface area (Å²) in [7, 11) is 1.06. The van der Waals surface area contributed by atoms with E-state index in [1.54, 1.807) is 13.0 Å². The number of ether oxygens (including phenoxy) is 5. The Hall–Kier alpha value is -5.29. The number of aliphatic hydroxyl groups excluding tert-OH is 3. The molecular formula is C42H53NO15. The summed E-state index contributed by atoms with van der Waals surface area (Å²) in [6, 6.07) is 0. The number of rotatable bonds is 3. The van der Waals surface area contributed by atoms with Crippen molar-refractivity contribution in [1.82, 2.24) is 0 Å². The van der Waals surface area contributed by atoms with Crippen molar-refractivity contribution < 1.29 is 73.2 Å². The number of Topliss-reactive ketones (excluding diaryl/α,β-unsaturated/α-hetero) is 1. The molecule has 4 aliphatic rings. The fraction of sp³-hybridized carbons (Fsp3) is 0.500. The van der Waals surface area contributed by atoms with Crippen molar-refractivity contribution >= 4 is 40.9 Å². The number of benzene rings is 1. The number of hydrogen-bond donors (Lipinski definition) is 6. The molecule has 1 aromatic carbocycles. The van der Waals surface area contributed by atoms with E-state index in [1.165, 1.54) is 66.7 Å². The van der Waals surface area contributed by atoms with Gasteiger partial charge in [-0.1, -0.05) is 39.0 Å². The van der Waals surface area contributed by atoms with E-state index in [2.05, 4.69) is 5.32 Å². The van der Waals surface area contributed by atoms with Crippen molar-refractivity contribution in [3.8, 4) is 11.5 Å². The highest BCUT2D eigenvalue weighted by Gasteiger charge is 2.49. The molecular weight excluding hydrogens is 758 g/mol. The lowest BCUT2D eigenvalue weighted by Gasteiger charge is -2.40. The predicted octanol–water partition coefficient (Wildman–Crippen LogP) is 3.68. The van der Waals surface area contributed by atoms with Gasteiger partial charge >= 0.3 is 17.9 Å². The number of phenolic OH excluding ortho intramolecular Hbond substituents is 1. The molecule has 1 amide bonds. The van der Waals surface area contributed by atoms with Crippen molar-refractivity contribution in [3.05, 3.63) is 69.2 Å². The largest absolute Gasteiger partial charge is 0.505 e. The Morgan fingerprint density at radius 1 is 0.897 bits per heavy atom. The van der Waals surface area contributed by atoms with Gasteiger partial charge in [-0.15, -0.1) is 0 Å². The molecule has 1 aliphatic carbocycles. The summed E-state index contributed by atoms with van der Waals surface area (Å²) in [6.45, 7) is 13.4. The number of carbonyl (C=O) groups is 5. The summed E-state index contributed by atoms with van der Waals surface area (Å²) in [6.07, 6.45) is -0.811. The van der Waals surface area contributed by atoms with Gasteiger partial charge in [0.25, 0.3) is 5.91 Å². The first-order valence-electron chi connectivity index (χ1n) is 18.7. The van der Waals surface area contributed by atoms with Gasteiger partial charge in [-0.05, 0) is 46.3 Å². The summed E-state index contributed by atoms with van der Waals surface area (Å²) < 4.78 is 28.0. The molecule has 0 saturated carbocycles. The normalized spacial score (nSPS) is 32.1. The number of phenols is 1. The minimum absolute atomic E-state index is 0.00972. The molecule has 1 aromatic rings. The van der Waals surface area contributed by atoms with E-state index in [0.29, 0.717) is 0 Å². The van der Waals surface area contributed by atoms with Crippen LogP contribution in [-0.4, -0.2) is 99.1 Å². The number of anilines is 1. The number of esters is 3. The van der Waals surface area contributed by atoms with Crippen LogP contribution < -0.4 is 10.1 Å². The smallest absolute Gasteiger partial charge is 0.315 e. The quantitative estimate of drug-likeness (QED) is 0.145. The maximum atomic E-state index is 14.0. The fourth-order valence-corrected chi connectivity index (χ4v) is 7.63. The molecule has 316 valence electrons. The number of nitrogens with one attached hydrogen (secondary N) is 1. The summed E-state index contributed by atoms with van der Waals surface area (Å²) in [5, 5.41) is 61.2. The Bertz CT molecular complexity index is 2040. The van der Waals surface area contributed by atoms with Gasteiger partial charge in [-0.2, -0.15) is 0 Å². The number of allylic oxidation sites excluding steroid dienone is 5. The molecule has 3 aliphatic heterocycles. The van der Waals surface area contributed by atoms with Crippen LogP contribution in [0.1, 0.15) is 83.8 Å². The third-order valence-electron chi connectivity index (χ3n) is 10.9. The second-order valence-corrected chi connectivity index (χ2v) is 15.3. The van der Waals surface area contributed by atoms with Crippen molar-refractivity contribution in [2.75, 3.05) is 19.2 Å². The van der Waals surface area contributed by atoms with Crippen molar-refractivity contribution in [2.24, 2.45) is 23.7 Å². The zero-order valence-electron chi connectivity index (χ0n) is 34.5. The number of amides is 1. The summed E-state index contributed by atoms with van der Waals surface area (Å²) in [4.78, 5) is 66.1. The summed E-state index contributed by atoms with van der Waals surface area (Å²) in [5.74, 6) is -9.71. The van der Waals surface area contributed by atoms with E-state index in [-0.39, 0.29) is 61.9 Å². The van der Waals surface area contributed by atoms with Crippen LogP contribution in [0.15, 0.2) is 52.5 Å². The highest BCUT2D eigenvalue weighted by atomic mass is 16.7. The number of ketones is 1. The van der Waals surface area contributed by atoms with Gasteiger partial charge < -0.3 is 54.5 Å². The zero-order valence-corrected chi connectivity index (χ0v) is 34.5. The lowest BCUT2D eigenvalue weighted by molar-refractivity contribution is -0.181. The molecule has 5 rings (SSSR count). The first-order chi connectivity index (χ1) is 27.0. The highest BCUT2D eigenvalue weighted by Crippen LogP contribution is 2.53. The SMILES string of the molecule is COC(=O)[C@@H]1[C@H](O)[C@H](C)[C@H](O)[C@H](C)/C=C\C=C(/C)C(=O)Nc2c(C)c(OC(C)=O)c3c(c2O)C(=O)C(C)=C2OCOC(=C23)/C(C)=C/[C@@](C)(O)[C@H](O)[C@@H](C)[C@H]1OC(C)=O. The van der Waals surface area contributed by atoms with Crippen LogP contribution >= 0.6 is 0 Å². The molecule has 58 heavy (non-hydrogen) atoms. The van der Waals surface area contributed by atoms with E-state index in [1.807, 2.05) is 0 Å². The Morgan fingerprint density at radius 3 is 2.10 bits per heavy atom. The maximum absolute atomic E-state index is 14.0. The van der Waals surface area contributed by atoms with E-state index in [9.17, 15) is 49.5 Å². The first kappa shape index (κ1) is 45.4. The van der Waals surface area contributed by atoms with Crippen molar-refractivity contribution in [2.45, 2.75) is 99.3 Å². The predicted molar refractivity (Wildman–Crippen MR) is 208 cm³/mol. The van der Waals surface area contributed by atoms with Crippen LogP contribution in [0, 0.1) is 30.6 Å². The van der Waals surface area contributed by atoms with Gasteiger partial charge in [0, 0.05) is 53.9 Å². The minimum Gasteiger partial charge on any atom is -0.505 e. The number of methoxy groups -OCH3 is 1. The van der Waals surface area contributed by atoms with Crippen LogP contribution in [0.4, 0.5) is 5.69 Å². The topological polar surface area (TPSA) is 245 Å². The second kappa shape index (κ2) is 17.7. The lowest BCUT2D eigenvalue weighted by Crippen LogP contribution is -2.54. The number of aromatic hydroxyl groups is 1. The summed E-state index contributed by atoms with van der Waals surface area (Å²) in [5.41, 5.74) is -2.49. The van der Waals surface area contributed by atoms with E-state index >= 15 is 0 Å². The Balaban J connectivity index is 2.10. The van der Waals surface area contributed by atoms with Gasteiger partial charge in [0.2, 0.25) is 6.79 Å². The van der Waals surface area contributed by atoms with Crippen molar-refractivity contribution in [1.29, 1.82) is 0 Å². The van der Waals surface area contributed by atoms with Crippen LogP contribution in [0.2, 0.25) is 0 Å². The number of hydrogen-bond acceptors (Lipinski definition) is 15. The molecule has 0 radical (unpaired) electrons. The van der Waals surface area contributed by atoms with Gasteiger partial charge in [-0.25, -0.2) is 0 Å². The Kier molecular flexibility index (Phi) is 13.8. The molecule has 16 nitrogen and oxygen atoms in total. The average molecular weight is 812 g/mol. The van der Waals surface area contributed by atoms with Crippen LogP contribution in [0.25, 0.3) is 5.57 Å². The molecule has 0 saturated heterocycles. The van der Waals surface area contributed by atoms with Crippen molar-refractivity contribution in [3.63, 3.8) is 0 Å². The minimum atomic E-state index is -2.22. The summed E-state index contributed by atoms with van der Waals surface area (Å²) >= 11 is 0. The molecule has 6 N–H and O–H groups in total. The molecule has 16 heteroatoms. The molecule has 0 spiro atoms. The van der Waals surface area contributed by atoms with Gasteiger partial charge in [-0.3, -0.25) is 24.0 Å². The highest BCUT2D eigenvalue weighted by molar-refractivity contribution is 6.21. The average Bonchev–Trinajstić information content (AvgIpc) is 3.16. The van der Waals surface area contributed by atoms with Gasteiger partial charge in [0.15, 0.2) is 11.5 Å². The monoisotopic (exact) mass is 811 g/mol. The molecule has 9 atom stereocenters. The van der Waals surface area contributed by atoms with E-state index in [4.69, 9.17) is 23.7 Å². The lowest BCUT2D eigenvalue weighted by atomic mass is 9.75. The van der Waals surface area contributed by atoms with Crippen LogP contribution in [0.3, 0.4) is 0 Å². The number of aliphatic hydroxyl groups is 4. The zero-order chi connectivity index (χ0) is 43.7. The van der Waals surface area contributed by atoms with Crippen LogP contribution in [-0.2, 0) is 38.1 Å². The fourth-order valence-electron chi connectivity index (χ4n) is 7.63. The molecule has 4 bridgehead atoms. The maximum Gasteiger partial charge on any atom is 0.315 e. The number of fused-ring (bicyclic) bond motifs is 14. The van der Waals surface area contributed by atoms with Crippen LogP contribution in [0.5, 0.6) is 11.5 Å². The number of carbonyl (C=O) groups excluding carboxylic acids is 5. The molecule has 3 heterocycles. The van der Waals surface area contributed by atoms with Gasteiger partial charge in [0.05, 0.1) is 42.2 Å².